The van der Waals surface area contributed by atoms with Gasteiger partial charge in [0.25, 0.3) is 0 Å². The largest absolute Gasteiger partial charge is 0.393 e. The Labute approximate surface area is 80.1 Å². The Kier molecular flexibility index (Phi) is 2.58. The molecule has 2 aliphatic heterocycles. The van der Waals surface area contributed by atoms with Crippen LogP contribution in [0.25, 0.3) is 0 Å². The molecule has 2 heterocycles. The molecule has 2 rings (SSSR count). The molecule has 0 saturated carbocycles. The van der Waals surface area contributed by atoms with Gasteiger partial charge in [-0.15, -0.1) is 0 Å². The van der Waals surface area contributed by atoms with Crippen LogP contribution in [0.15, 0.2) is 0 Å². The fourth-order valence-corrected chi connectivity index (χ4v) is 2.75. The second-order valence-electron chi connectivity index (χ2n) is 4.54. The zero-order valence-corrected chi connectivity index (χ0v) is 8.42. The third-order valence-corrected chi connectivity index (χ3v) is 3.76. The van der Waals surface area contributed by atoms with Crippen LogP contribution in [0, 0.1) is 0 Å². The molecule has 0 radical (unpaired) electrons. The van der Waals surface area contributed by atoms with E-state index in [0.29, 0.717) is 5.54 Å². The van der Waals surface area contributed by atoms with E-state index in [1.165, 1.54) is 12.8 Å². The van der Waals surface area contributed by atoms with Gasteiger partial charge in [0.2, 0.25) is 0 Å². The van der Waals surface area contributed by atoms with Crippen molar-refractivity contribution >= 4 is 0 Å². The zero-order valence-electron chi connectivity index (χ0n) is 8.42. The molecular weight excluding hydrogens is 164 g/mol. The van der Waals surface area contributed by atoms with E-state index >= 15 is 0 Å². The highest BCUT2D eigenvalue weighted by Crippen LogP contribution is 2.34. The standard InChI is InChI=1S/C10H20N2O/c1-12-7-2-9(13)8-10(12)3-5-11-6-4-10/h9,11,13H,2-8H2,1H3. The Hall–Kier alpha value is -0.120. The van der Waals surface area contributed by atoms with Crippen molar-refractivity contribution < 1.29 is 5.11 Å². The normalized spacial score (nSPS) is 35.1. The van der Waals surface area contributed by atoms with E-state index in [1.54, 1.807) is 0 Å². The monoisotopic (exact) mass is 184 g/mol. The Morgan fingerprint density at radius 3 is 2.77 bits per heavy atom. The number of likely N-dealkylation sites (tertiary alicyclic amines) is 1. The minimum Gasteiger partial charge on any atom is -0.393 e. The number of nitrogens with one attached hydrogen (secondary N) is 1. The molecule has 2 aliphatic rings. The van der Waals surface area contributed by atoms with Gasteiger partial charge < -0.3 is 15.3 Å². The van der Waals surface area contributed by atoms with Gasteiger partial charge >= 0.3 is 0 Å². The number of aliphatic hydroxyl groups is 1. The van der Waals surface area contributed by atoms with Crippen LogP contribution in [0.1, 0.15) is 25.7 Å². The summed E-state index contributed by atoms with van der Waals surface area (Å²) in [4.78, 5) is 2.46. The van der Waals surface area contributed by atoms with Gasteiger partial charge in [-0.2, -0.15) is 0 Å². The molecule has 0 aromatic rings. The first kappa shape index (κ1) is 9.44. The maximum absolute atomic E-state index is 9.70. The van der Waals surface area contributed by atoms with Crippen LogP contribution in [0.5, 0.6) is 0 Å². The van der Waals surface area contributed by atoms with Crippen molar-refractivity contribution in [1.29, 1.82) is 0 Å². The summed E-state index contributed by atoms with van der Waals surface area (Å²) in [5.41, 5.74) is 0.308. The molecule has 1 atom stereocenters. The second kappa shape index (κ2) is 3.56. The Bertz CT molecular complexity index is 178. The SMILES string of the molecule is CN1CCC(O)CC12CCNCC2. The maximum atomic E-state index is 9.70. The average molecular weight is 184 g/mol. The summed E-state index contributed by atoms with van der Waals surface area (Å²) in [5, 5.41) is 13.1. The number of piperidine rings is 2. The van der Waals surface area contributed by atoms with E-state index in [-0.39, 0.29) is 6.10 Å². The summed E-state index contributed by atoms with van der Waals surface area (Å²) >= 11 is 0. The van der Waals surface area contributed by atoms with Gasteiger partial charge in [-0.25, -0.2) is 0 Å². The first-order chi connectivity index (χ1) is 6.23. The molecule has 0 aromatic carbocycles. The van der Waals surface area contributed by atoms with E-state index in [9.17, 15) is 5.11 Å². The Morgan fingerprint density at radius 2 is 2.08 bits per heavy atom. The molecule has 0 aromatic heterocycles. The number of rotatable bonds is 0. The summed E-state index contributed by atoms with van der Waals surface area (Å²) in [6, 6.07) is 0. The molecule has 2 N–H and O–H groups in total. The third kappa shape index (κ3) is 1.73. The third-order valence-electron chi connectivity index (χ3n) is 3.76. The fraction of sp³-hybridized carbons (Fsp3) is 1.00. The van der Waals surface area contributed by atoms with E-state index in [2.05, 4.69) is 17.3 Å². The lowest BCUT2D eigenvalue weighted by molar-refractivity contribution is -0.0232. The molecular formula is C10H20N2O. The van der Waals surface area contributed by atoms with Crippen LogP contribution in [0.3, 0.4) is 0 Å². The van der Waals surface area contributed by atoms with Crippen molar-refractivity contribution in [3.63, 3.8) is 0 Å². The van der Waals surface area contributed by atoms with Gasteiger partial charge in [-0.1, -0.05) is 0 Å². The van der Waals surface area contributed by atoms with E-state index in [4.69, 9.17) is 0 Å². The predicted octanol–water partition coefficient (Wildman–Crippen LogP) is 0.195. The van der Waals surface area contributed by atoms with Crippen LogP contribution >= 0.6 is 0 Å². The first-order valence-corrected chi connectivity index (χ1v) is 5.33. The number of hydrogen-bond donors (Lipinski definition) is 2. The average Bonchev–Trinajstić information content (AvgIpc) is 2.14. The summed E-state index contributed by atoms with van der Waals surface area (Å²) in [6.07, 6.45) is 4.26. The highest BCUT2D eigenvalue weighted by Gasteiger charge is 2.40. The minimum atomic E-state index is -0.0608. The molecule has 3 heteroatoms. The molecule has 0 aliphatic carbocycles. The molecule has 3 nitrogen and oxygen atoms in total. The minimum absolute atomic E-state index is 0.0608. The van der Waals surface area contributed by atoms with Crippen molar-refractivity contribution in [1.82, 2.24) is 10.2 Å². The number of nitrogens with zero attached hydrogens (tertiary/aromatic N) is 1. The van der Waals surface area contributed by atoms with Crippen molar-refractivity contribution in [2.24, 2.45) is 0 Å². The van der Waals surface area contributed by atoms with Crippen LogP contribution < -0.4 is 5.32 Å². The van der Waals surface area contributed by atoms with Gasteiger partial charge in [0.05, 0.1) is 6.10 Å². The quantitative estimate of drug-likeness (QED) is 0.564. The molecule has 76 valence electrons. The topological polar surface area (TPSA) is 35.5 Å². The molecule has 1 spiro atoms. The zero-order chi connectivity index (χ0) is 9.31. The first-order valence-electron chi connectivity index (χ1n) is 5.33. The van der Waals surface area contributed by atoms with Crippen molar-refractivity contribution in [2.75, 3.05) is 26.7 Å². The van der Waals surface area contributed by atoms with Gasteiger partial charge in [-0.05, 0) is 45.8 Å². The van der Waals surface area contributed by atoms with Crippen LogP contribution in [-0.4, -0.2) is 48.3 Å². The van der Waals surface area contributed by atoms with E-state index in [1.807, 2.05) is 0 Å². The lowest BCUT2D eigenvalue weighted by Gasteiger charge is -2.49. The van der Waals surface area contributed by atoms with Crippen LogP contribution in [-0.2, 0) is 0 Å². The molecule has 1 unspecified atom stereocenters. The van der Waals surface area contributed by atoms with Crippen molar-refractivity contribution in [3.05, 3.63) is 0 Å². The number of hydrogen-bond acceptors (Lipinski definition) is 3. The predicted molar refractivity (Wildman–Crippen MR) is 52.7 cm³/mol. The van der Waals surface area contributed by atoms with Gasteiger partial charge in [0, 0.05) is 12.1 Å². The fourth-order valence-electron chi connectivity index (χ4n) is 2.75. The highest BCUT2D eigenvalue weighted by molar-refractivity contribution is 4.97. The second-order valence-corrected chi connectivity index (χ2v) is 4.54. The Balaban J connectivity index is 2.07. The molecule has 13 heavy (non-hydrogen) atoms. The van der Waals surface area contributed by atoms with E-state index < -0.39 is 0 Å². The molecule has 2 fully saturated rings. The Morgan fingerprint density at radius 1 is 1.38 bits per heavy atom. The summed E-state index contributed by atoms with van der Waals surface area (Å²) in [6.45, 7) is 3.27. The van der Waals surface area contributed by atoms with Crippen molar-refractivity contribution in [3.8, 4) is 0 Å². The summed E-state index contributed by atoms with van der Waals surface area (Å²) in [7, 11) is 2.21. The number of aliphatic hydroxyl groups excluding tert-OH is 1. The lowest BCUT2D eigenvalue weighted by atomic mass is 9.78. The van der Waals surface area contributed by atoms with Crippen LogP contribution in [0.4, 0.5) is 0 Å². The van der Waals surface area contributed by atoms with Crippen molar-refractivity contribution in [2.45, 2.75) is 37.3 Å². The van der Waals surface area contributed by atoms with E-state index in [0.717, 1.165) is 32.5 Å². The van der Waals surface area contributed by atoms with Gasteiger partial charge in [-0.3, -0.25) is 0 Å². The lowest BCUT2D eigenvalue weighted by Crippen LogP contribution is -2.57. The van der Waals surface area contributed by atoms with Gasteiger partial charge in [0.1, 0.15) is 0 Å². The highest BCUT2D eigenvalue weighted by atomic mass is 16.3. The maximum Gasteiger partial charge on any atom is 0.0570 e. The smallest absolute Gasteiger partial charge is 0.0570 e. The molecule has 0 amide bonds. The summed E-state index contributed by atoms with van der Waals surface area (Å²) in [5.74, 6) is 0. The van der Waals surface area contributed by atoms with Gasteiger partial charge in [0.15, 0.2) is 0 Å². The molecule has 0 bridgehead atoms. The van der Waals surface area contributed by atoms with Crippen LogP contribution in [0.2, 0.25) is 0 Å². The molecule has 2 saturated heterocycles. The summed E-state index contributed by atoms with van der Waals surface area (Å²) < 4.78 is 0.